The zero-order chi connectivity index (χ0) is 23.5. The number of rotatable bonds is 9. The molecule has 0 bridgehead atoms. The van der Waals surface area contributed by atoms with Crippen LogP contribution in [-0.4, -0.2) is 45.1 Å². The second-order valence-corrected chi connectivity index (χ2v) is 9.08. The summed E-state index contributed by atoms with van der Waals surface area (Å²) < 4.78 is 41.0. The zero-order valence-corrected chi connectivity index (χ0v) is 18.8. The topological polar surface area (TPSA) is 92.7 Å². The molecule has 3 aromatic heterocycles. The van der Waals surface area contributed by atoms with Crippen molar-refractivity contribution in [2.75, 3.05) is 18.4 Å². The molecule has 33 heavy (non-hydrogen) atoms. The molecule has 1 aliphatic carbocycles. The van der Waals surface area contributed by atoms with Crippen LogP contribution in [0.25, 0.3) is 10.7 Å². The van der Waals surface area contributed by atoms with Gasteiger partial charge in [0, 0.05) is 24.6 Å². The molecule has 0 radical (unpaired) electrons. The zero-order valence-electron chi connectivity index (χ0n) is 17.9. The largest absolute Gasteiger partial charge is 0.368 e. The molecule has 7 nitrogen and oxygen atoms in total. The monoisotopic (exact) mass is 476 g/mol. The minimum absolute atomic E-state index is 0.213. The second kappa shape index (κ2) is 9.42. The fourth-order valence-corrected chi connectivity index (χ4v) is 4.39. The highest BCUT2D eigenvalue weighted by Crippen LogP contribution is 2.43. The summed E-state index contributed by atoms with van der Waals surface area (Å²) in [5.74, 6) is -3.33. The third-order valence-corrected chi connectivity index (χ3v) is 6.84. The molecule has 4 rings (SSSR count). The molecule has 0 aliphatic heterocycles. The van der Waals surface area contributed by atoms with E-state index in [0.29, 0.717) is 28.8 Å². The minimum Gasteiger partial charge on any atom is -0.368 e. The van der Waals surface area contributed by atoms with Gasteiger partial charge in [-0.05, 0) is 37.1 Å². The van der Waals surface area contributed by atoms with Crippen LogP contribution in [0.5, 0.6) is 0 Å². The van der Waals surface area contributed by atoms with Crippen LogP contribution in [-0.2, 0) is 5.41 Å². The molecule has 174 valence electrons. The van der Waals surface area contributed by atoms with Gasteiger partial charge in [0.25, 0.3) is 11.8 Å². The molecule has 0 spiro atoms. The van der Waals surface area contributed by atoms with Crippen LogP contribution >= 0.6 is 11.3 Å². The van der Waals surface area contributed by atoms with E-state index in [-0.39, 0.29) is 22.5 Å². The van der Waals surface area contributed by atoms with Crippen molar-refractivity contribution >= 4 is 23.1 Å². The Bertz CT molecular complexity index is 1120. The first-order valence-electron chi connectivity index (χ1n) is 10.6. The number of carbonyl (C=O) groups is 1. The SMILES string of the molecule is CCC(F)(F)CNC(=O)c1cnc(-c2ccc(NCC3(c4ncccc4F)CCC3)nn2)s1. The summed E-state index contributed by atoms with van der Waals surface area (Å²) in [5.41, 5.74) is 0.564. The molecule has 0 saturated heterocycles. The lowest BCUT2D eigenvalue weighted by molar-refractivity contribution is -0.000975. The van der Waals surface area contributed by atoms with Crippen LogP contribution in [0.2, 0.25) is 0 Å². The number of pyridine rings is 1. The average Bonchev–Trinajstić information content (AvgIpc) is 3.29. The Balaban J connectivity index is 1.38. The Kier molecular flexibility index (Phi) is 6.59. The van der Waals surface area contributed by atoms with Crippen molar-refractivity contribution in [1.82, 2.24) is 25.5 Å². The molecular weight excluding hydrogens is 453 g/mol. The van der Waals surface area contributed by atoms with E-state index in [4.69, 9.17) is 0 Å². The standard InChI is InChI=1S/C22H23F3N6OS/c1-2-22(24,25)13-29-19(32)16-11-27-20(33-16)15-6-7-17(31-30-15)28-12-21(8-4-9-21)18-14(23)5-3-10-26-18/h3,5-7,10-11H,2,4,8-9,12-13H2,1H3,(H,28,31)(H,29,32). The van der Waals surface area contributed by atoms with Gasteiger partial charge in [-0.15, -0.1) is 21.5 Å². The van der Waals surface area contributed by atoms with Crippen molar-refractivity contribution in [2.24, 2.45) is 0 Å². The van der Waals surface area contributed by atoms with Gasteiger partial charge < -0.3 is 10.6 Å². The number of hydrogen-bond acceptors (Lipinski definition) is 7. The van der Waals surface area contributed by atoms with Crippen molar-refractivity contribution in [3.05, 3.63) is 53.0 Å². The molecule has 1 saturated carbocycles. The highest BCUT2D eigenvalue weighted by Gasteiger charge is 2.41. The summed E-state index contributed by atoms with van der Waals surface area (Å²) in [6.07, 6.45) is 5.27. The number of amides is 1. The number of nitrogens with zero attached hydrogens (tertiary/aromatic N) is 4. The lowest BCUT2D eigenvalue weighted by Crippen LogP contribution is -2.42. The maximum Gasteiger partial charge on any atom is 0.264 e. The van der Waals surface area contributed by atoms with E-state index in [2.05, 4.69) is 30.8 Å². The first kappa shape index (κ1) is 23.1. The average molecular weight is 477 g/mol. The van der Waals surface area contributed by atoms with E-state index in [1.54, 1.807) is 24.4 Å². The van der Waals surface area contributed by atoms with Crippen molar-refractivity contribution in [3.63, 3.8) is 0 Å². The van der Waals surface area contributed by atoms with Crippen molar-refractivity contribution in [1.29, 1.82) is 0 Å². The highest BCUT2D eigenvalue weighted by atomic mass is 32.1. The van der Waals surface area contributed by atoms with Crippen molar-refractivity contribution in [3.8, 4) is 10.7 Å². The predicted octanol–water partition coefficient (Wildman–Crippen LogP) is 4.44. The van der Waals surface area contributed by atoms with Crippen LogP contribution in [0.15, 0.2) is 36.7 Å². The second-order valence-electron chi connectivity index (χ2n) is 8.05. The first-order chi connectivity index (χ1) is 15.8. The third kappa shape index (κ3) is 5.13. The summed E-state index contributed by atoms with van der Waals surface area (Å²) in [6, 6.07) is 6.44. The van der Waals surface area contributed by atoms with Gasteiger partial charge in [0.2, 0.25) is 0 Å². The van der Waals surface area contributed by atoms with Gasteiger partial charge >= 0.3 is 0 Å². The summed E-state index contributed by atoms with van der Waals surface area (Å²) >= 11 is 1.05. The number of carbonyl (C=O) groups excluding carboxylic acids is 1. The van der Waals surface area contributed by atoms with Gasteiger partial charge in [-0.25, -0.2) is 18.2 Å². The smallest absolute Gasteiger partial charge is 0.264 e. The Morgan fingerprint density at radius 1 is 1.21 bits per heavy atom. The molecule has 1 aliphatic rings. The van der Waals surface area contributed by atoms with Crippen LogP contribution in [0.1, 0.15) is 48.0 Å². The number of thiazole rings is 1. The Hall–Kier alpha value is -3.08. The fourth-order valence-electron chi connectivity index (χ4n) is 3.60. The maximum absolute atomic E-state index is 14.3. The van der Waals surface area contributed by atoms with Crippen LogP contribution in [0.3, 0.4) is 0 Å². The van der Waals surface area contributed by atoms with Crippen LogP contribution in [0, 0.1) is 5.82 Å². The van der Waals surface area contributed by atoms with Crippen LogP contribution in [0.4, 0.5) is 19.0 Å². The first-order valence-corrected chi connectivity index (χ1v) is 11.4. The molecule has 0 unspecified atom stereocenters. The predicted molar refractivity (Wildman–Crippen MR) is 119 cm³/mol. The molecule has 0 atom stereocenters. The lowest BCUT2D eigenvalue weighted by atomic mass is 9.66. The maximum atomic E-state index is 14.3. The Morgan fingerprint density at radius 2 is 2.03 bits per heavy atom. The normalized spacial score (nSPS) is 15.0. The number of halogens is 3. The summed E-state index contributed by atoms with van der Waals surface area (Å²) in [6.45, 7) is 1.12. The molecule has 3 aromatic rings. The number of alkyl halides is 2. The van der Waals surface area contributed by atoms with Gasteiger partial charge in [-0.1, -0.05) is 13.3 Å². The molecule has 3 heterocycles. The van der Waals surface area contributed by atoms with E-state index in [1.165, 1.54) is 19.2 Å². The van der Waals surface area contributed by atoms with Gasteiger partial charge in [0.05, 0.1) is 18.4 Å². The van der Waals surface area contributed by atoms with E-state index in [1.807, 2.05) is 0 Å². The molecule has 11 heteroatoms. The van der Waals surface area contributed by atoms with E-state index < -0.39 is 18.4 Å². The number of anilines is 1. The number of hydrogen-bond donors (Lipinski definition) is 2. The van der Waals surface area contributed by atoms with E-state index >= 15 is 0 Å². The minimum atomic E-state index is -2.95. The lowest BCUT2D eigenvalue weighted by Gasteiger charge is -2.41. The molecule has 1 fully saturated rings. The fraction of sp³-hybridized carbons (Fsp3) is 0.409. The van der Waals surface area contributed by atoms with Crippen LogP contribution < -0.4 is 10.6 Å². The highest BCUT2D eigenvalue weighted by molar-refractivity contribution is 7.16. The summed E-state index contributed by atoms with van der Waals surface area (Å²) in [7, 11) is 0. The number of aromatic nitrogens is 4. The third-order valence-electron chi connectivity index (χ3n) is 5.82. The van der Waals surface area contributed by atoms with Gasteiger partial charge in [-0.3, -0.25) is 9.78 Å². The Labute approximate surface area is 192 Å². The molecule has 1 amide bonds. The molecule has 2 N–H and O–H groups in total. The van der Waals surface area contributed by atoms with Gasteiger partial charge in [-0.2, -0.15) is 0 Å². The van der Waals surface area contributed by atoms with Crippen molar-refractivity contribution in [2.45, 2.75) is 43.9 Å². The van der Waals surface area contributed by atoms with Gasteiger partial charge in [0.1, 0.15) is 27.2 Å². The van der Waals surface area contributed by atoms with Crippen molar-refractivity contribution < 1.29 is 18.0 Å². The van der Waals surface area contributed by atoms with Gasteiger partial charge in [0.15, 0.2) is 0 Å². The summed E-state index contributed by atoms with van der Waals surface area (Å²) in [5, 5.41) is 14.2. The Morgan fingerprint density at radius 3 is 2.67 bits per heavy atom. The van der Waals surface area contributed by atoms with E-state index in [9.17, 15) is 18.0 Å². The van der Waals surface area contributed by atoms with E-state index in [0.717, 1.165) is 30.6 Å². The molecular formula is C22H23F3N6OS. The quantitative estimate of drug-likeness (QED) is 0.474. The molecule has 0 aromatic carbocycles. The number of nitrogens with one attached hydrogen (secondary N) is 2. The summed E-state index contributed by atoms with van der Waals surface area (Å²) in [4.78, 5) is 20.7.